The van der Waals surface area contributed by atoms with Crippen LogP contribution in [0.3, 0.4) is 0 Å². The number of amides is 3. The number of rotatable bonds is 3. The number of halogens is 1. The molecule has 9 nitrogen and oxygen atoms in total. The topological polar surface area (TPSA) is 118 Å². The van der Waals surface area contributed by atoms with Gasteiger partial charge in [0.15, 0.2) is 0 Å². The van der Waals surface area contributed by atoms with E-state index in [1.807, 2.05) is 4.68 Å². The third-order valence-corrected chi connectivity index (χ3v) is 6.37. The summed E-state index contributed by atoms with van der Waals surface area (Å²) in [5.74, 6) is -0.800. The van der Waals surface area contributed by atoms with Crippen LogP contribution >= 0.6 is 0 Å². The van der Waals surface area contributed by atoms with Crippen LogP contribution in [0.5, 0.6) is 0 Å². The lowest BCUT2D eigenvalue weighted by Gasteiger charge is -2.37. The van der Waals surface area contributed by atoms with Gasteiger partial charge in [-0.05, 0) is 37.0 Å². The fraction of sp³-hybridized carbons (Fsp3) is 0.409. The maximum absolute atomic E-state index is 14.0. The van der Waals surface area contributed by atoms with Crippen molar-refractivity contribution >= 4 is 23.3 Å². The smallest absolute Gasteiger partial charge is 0.313 e. The summed E-state index contributed by atoms with van der Waals surface area (Å²) in [5, 5.41) is 25.3. The average Bonchev–Trinajstić information content (AvgIpc) is 3.45. The van der Waals surface area contributed by atoms with Crippen LogP contribution in [-0.4, -0.2) is 39.2 Å². The number of carbonyl (C=O) groups excluding carboxylic acids is 2. The average molecular weight is 433 g/mol. The Balaban J connectivity index is 1.41. The number of nitrogens with zero attached hydrogens (tertiary/aromatic N) is 6. The summed E-state index contributed by atoms with van der Waals surface area (Å²) < 4.78 is 15.8. The number of anilines is 2. The van der Waals surface area contributed by atoms with Crippen LogP contribution in [0.25, 0.3) is 0 Å². The third-order valence-electron chi connectivity index (χ3n) is 6.37. The Labute approximate surface area is 183 Å². The van der Waals surface area contributed by atoms with Crippen molar-refractivity contribution in [1.82, 2.24) is 14.7 Å². The van der Waals surface area contributed by atoms with E-state index in [1.165, 1.54) is 12.1 Å². The Morgan fingerprint density at radius 3 is 2.72 bits per heavy atom. The highest BCUT2D eigenvalue weighted by Gasteiger charge is 2.43. The van der Waals surface area contributed by atoms with Gasteiger partial charge in [0, 0.05) is 18.7 Å². The van der Waals surface area contributed by atoms with E-state index in [2.05, 4.69) is 16.5 Å². The van der Waals surface area contributed by atoms with Crippen LogP contribution in [0.15, 0.2) is 24.4 Å². The number of hydrogen-bond acceptors (Lipinski definition) is 5. The van der Waals surface area contributed by atoms with Crippen molar-refractivity contribution < 1.29 is 14.0 Å². The Morgan fingerprint density at radius 1 is 1.25 bits per heavy atom. The SMILES string of the molecule is N#Cc1ccc(NC(=O)N2Cc3c(N4CC(C#N)CC4=O)cnn3CC2C2CC2)cc1F. The van der Waals surface area contributed by atoms with Crippen molar-refractivity contribution in [3.63, 3.8) is 0 Å². The first-order valence-corrected chi connectivity index (χ1v) is 10.5. The van der Waals surface area contributed by atoms with Gasteiger partial charge in [0.2, 0.25) is 5.91 Å². The molecule has 2 aliphatic heterocycles. The largest absolute Gasteiger partial charge is 0.322 e. The van der Waals surface area contributed by atoms with Crippen LogP contribution in [0.1, 0.15) is 30.5 Å². The lowest BCUT2D eigenvalue weighted by Crippen LogP contribution is -2.49. The van der Waals surface area contributed by atoms with Crippen molar-refractivity contribution in [2.45, 2.75) is 38.4 Å². The van der Waals surface area contributed by atoms with Crippen molar-refractivity contribution in [1.29, 1.82) is 10.5 Å². The highest BCUT2D eigenvalue weighted by atomic mass is 19.1. The van der Waals surface area contributed by atoms with Crippen LogP contribution in [0.2, 0.25) is 0 Å². The number of nitrogens with one attached hydrogen (secondary N) is 1. The van der Waals surface area contributed by atoms with Crippen LogP contribution < -0.4 is 10.2 Å². The maximum atomic E-state index is 14.0. The summed E-state index contributed by atoms with van der Waals surface area (Å²) in [6, 6.07) is 7.44. The number of urea groups is 1. The minimum absolute atomic E-state index is 0.0559. The first kappa shape index (κ1) is 20.0. The van der Waals surface area contributed by atoms with E-state index in [1.54, 1.807) is 22.1 Å². The normalized spacial score (nSPS) is 22.3. The molecule has 10 heteroatoms. The van der Waals surface area contributed by atoms with E-state index in [9.17, 15) is 19.2 Å². The molecular weight excluding hydrogens is 413 g/mol. The second-order valence-electron chi connectivity index (χ2n) is 8.46. The number of nitriles is 2. The maximum Gasteiger partial charge on any atom is 0.322 e. The minimum Gasteiger partial charge on any atom is -0.313 e. The molecule has 5 rings (SSSR count). The van der Waals surface area contributed by atoms with Gasteiger partial charge in [-0.15, -0.1) is 0 Å². The highest BCUT2D eigenvalue weighted by molar-refractivity contribution is 5.96. The molecule has 3 heterocycles. The van der Waals surface area contributed by atoms with Gasteiger partial charge in [0.1, 0.15) is 11.9 Å². The molecule has 1 saturated carbocycles. The molecule has 32 heavy (non-hydrogen) atoms. The molecule has 2 unspecified atom stereocenters. The second kappa shape index (κ2) is 7.65. The molecule has 3 amide bonds. The molecule has 0 radical (unpaired) electrons. The van der Waals surface area contributed by atoms with Gasteiger partial charge in [-0.3, -0.25) is 9.48 Å². The molecule has 2 atom stereocenters. The predicted octanol–water partition coefficient (Wildman–Crippen LogP) is 2.60. The first-order chi connectivity index (χ1) is 15.5. The first-order valence-electron chi connectivity index (χ1n) is 10.5. The number of benzene rings is 1. The summed E-state index contributed by atoms with van der Waals surface area (Å²) in [7, 11) is 0. The van der Waals surface area contributed by atoms with Gasteiger partial charge >= 0.3 is 6.03 Å². The molecule has 2 aromatic rings. The van der Waals surface area contributed by atoms with Crippen LogP contribution in [0.4, 0.5) is 20.6 Å². The fourth-order valence-corrected chi connectivity index (χ4v) is 4.51. The minimum atomic E-state index is -0.692. The quantitative estimate of drug-likeness (QED) is 0.798. The van der Waals surface area contributed by atoms with Crippen molar-refractivity contribution in [3.8, 4) is 12.1 Å². The van der Waals surface area contributed by atoms with Gasteiger partial charge in [-0.25, -0.2) is 9.18 Å². The lowest BCUT2D eigenvalue weighted by atomic mass is 10.1. The molecule has 0 spiro atoms. The summed E-state index contributed by atoms with van der Waals surface area (Å²) >= 11 is 0. The summed E-state index contributed by atoms with van der Waals surface area (Å²) in [6.45, 7) is 1.08. The molecule has 2 fully saturated rings. The molecular formula is C22H20FN7O2. The van der Waals surface area contributed by atoms with Crippen molar-refractivity contribution in [2.75, 3.05) is 16.8 Å². The molecule has 1 N–H and O–H groups in total. The van der Waals surface area contributed by atoms with E-state index >= 15 is 0 Å². The molecule has 1 aliphatic carbocycles. The second-order valence-corrected chi connectivity index (χ2v) is 8.46. The van der Waals surface area contributed by atoms with Gasteiger partial charge in [0.25, 0.3) is 0 Å². The Hall–Kier alpha value is -3.92. The van der Waals surface area contributed by atoms with Gasteiger partial charge in [-0.1, -0.05) is 0 Å². The van der Waals surface area contributed by atoms with E-state index in [-0.39, 0.29) is 48.1 Å². The van der Waals surface area contributed by atoms with Crippen LogP contribution in [-0.2, 0) is 17.9 Å². The van der Waals surface area contributed by atoms with E-state index < -0.39 is 5.82 Å². The molecule has 1 aromatic heterocycles. The van der Waals surface area contributed by atoms with Gasteiger partial charge < -0.3 is 15.1 Å². The molecule has 162 valence electrons. The number of aromatic nitrogens is 2. The molecule has 1 saturated heterocycles. The monoisotopic (exact) mass is 433 g/mol. The fourth-order valence-electron chi connectivity index (χ4n) is 4.51. The zero-order valence-electron chi connectivity index (χ0n) is 17.2. The number of hydrogen-bond donors (Lipinski definition) is 1. The number of carbonyl (C=O) groups is 2. The van der Waals surface area contributed by atoms with Crippen molar-refractivity contribution in [3.05, 3.63) is 41.5 Å². The molecule has 0 bridgehead atoms. The van der Waals surface area contributed by atoms with E-state index in [4.69, 9.17) is 5.26 Å². The summed E-state index contributed by atoms with van der Waals surface area (Å²) in [6.07, 6.45) is 3.87. The Bertz CT molecular complexity index is 1190. The Morgan fingerprint density at radius 2 is 2.06 bits per heavy atom. The molecule has 1 aromatic carbocycles. The predicted molar refractivity (Wildman–Crippen MR) is 110 cm³/mol. The third kappa shape index (κ3) is 3.44. The van der Waals surface area contributed by atoms with Gasteiger partial charge in [-0.2, -0.15) is 15.6 Å². The highest BCUT2D eigenvalue weighted by Crippen LogP contribution is 2.40. The van der Waals surface area contributed by atoms with Gasteiger partial charge in [0.05, 0.1) is 54.3 Å². The lowest BCUT2D eigenvalue weighted by molar-refractivity contribution is -0.117. The van der Waals surface area contributed by atoms with Crippen LogP contribution in [0, 0.1) is 40.3 Å². The van der Waals surface area contributed by atoms with E-state index in [0.29, 0.717) is 24.7 Å². The number of fused-ring (bicyclic) bond motifs is 1. The standard InChI is InChI=1S/C22H20FN7O2/c23-17-6-16(4-3-15(17)8-25)27-22(32)29-11-20-18(28-10-13(7-24)5-21(28)31)9-26-30(20)12-19(29)14-1-2-14/h3-4,6,9,13-14,19H,1-2,5,10-12H2,(H,27,32). The summed E-state index contributed by atoms with van der Waals surface area (Å²) in [5.41, 5.74) is 1.56. The molecule has 3 aliphatic rings. The summed E-state index contributed by atoms with van der Waals surface area (Å²) in [4.78, 5) is 28.9. The van der Waals surface area contributed by atoms with E-state index in [0.717, 1.165) is 24.6 Å². The Kier molecular flexibility index (Phi) is 4.78. The zero-order valence-corrected chi connectivity index (χ0v) is 17.2. The zero-order chi connectivity index (χ0) is 22.4. The van der Waals surface area contributed by atoms with Crippen molar-refractivity contribution in [2.24, 2.45) is 11.8 Å².